The molecule has 0 amide bonds. The van der Waals surface area contributed by atoms with Crippen molar-refractivity contribution in [1.29, 1.82) is 0 Å². The van der Waals surface area contributed by atoms with Crippen LogP contribution in [0, 0.1) is 0 Å². The molecule has 1 saturated heterocycles. The number of benzene rings is 1. The molecule has 3 rings (SSSR count). The van der Waals surface area contributed by atoms with E-state index in [2.05, 4.69) is 31.3 Å². The molecule has 0 aliphatic carbocycles. The van der Waals surface area contributed by atoms with E-state index < -0.39 is 0 Å². The van der Waals surface area contributed by atoms with Gasteiger partial charge in [0.1, 0.15) is 13.2 Å². The molecule has 0 bridgehead atoms. The maximum absolute atomic E-state index is 6.04. The molecule has 1 aromatic rings. The SMILES string of the molecule is CCNC(c1ccc2c(c1)OCCO2)C1CCC(C)O1. The highest BCUT2D eigenvalue weighted by Crippen LogP contribution is 2.36. The third-order valence-electron chi connectivity index (χ3n) is 3.99. The molecule has 2 aliphatic heterocycles. The van der Waals surface area contributed by atoms with Crippen LogP contribution in [0.3, 0.4) is 0 Å². The summed E-state index contributed by atoms with van der Waals surface area (Å²) in [6, 6.07) is 6.44. The van der Waals surface area contributed by atoms with E-state index in [4.69, 9.17) is 14.2 Å². The van der Waals surface area contributed by atoms with Crippen LogP contribution in [0.15, 0.2) is 18.2 Å². The number of fused-ring (bicyclic) bond motifs is 1. The second kappa shape index (κ2) is 6.02. The van der Waals surface area contributed by atoms with Crippen LogP contribution >= 0.6 is 0 Å². The Labute approximate surface area is 120 Å². The largest absolute Gasteiger partial charge is 0.486 e. The molecule has 0 spiro atoms. The van der Waals surface area contributed by atoms with Crippen molar-refractivity contribution in [2.24, 2.45) is 0 Å². The lowest BCUT2D eigenvalue weighted by Crippen LogP contribution is -2.32. The number of hydrogen-bond donors (Lipinski definition) is 1. The zero-order valence-electron chi connectivity index (χ0n) is 12.2. The monoisotopic (exact) mass is 277 g/mol. The first-order chi connectivity index (χ1) is 9.78. The molecule has 3 atom stereocenters. The maximum atomic E-state index is 6.04. The van der Waals surface area contributed by atoms with Gasteiger partial charge >= 0.3 is 0 Å². The van der Waals surface area contributed by atoms with Crippen molar-refractivity contribution in [3.8, 4) is 11.5 Å². The smallest absolute Gasteiger partial charge is 0.161 e. The molecule has 1 N–H and O–H groups in total. The Morgan fingerprint density at radius 2 is 2.00 bits per heavy atom. The van der Waals surface area contributed by atoms with E-state index in [1.54, 1.807) is 0 Å². The zero-order chi connectivity index (χ0) is 13.9. The summed E-state index contributed by atoms with van der Waals surface area (Å²) in [6.45, 7) is 6.45. The highest BCUT2D eigenvalue weighted by molar-refractivity contribution is 5.45. The molecule has 1 aromatic carbocycles. The molecule has 2 aliphatic rings. The first kappa shape index (κ1) is 13.7. The summed E-state index contributed by atoms with van der Waals surface area (Å²) >= 11 is 0. The lowest BCUT2D eigenvalue weighted by Gasteiger charge is -2.26. The van der Waals surface area contributed by atoms with Gasteiger partial charge in [0.2, 0.25) is 0 Å². The first-order valence-electron chi connectivity index (χ1n) is 7.56. The lowest BCUT2D eigenvalue weighted by atomic mass is 9.98. The van der Waals surface area contributed by atoms with Crippen LogP contribution < -0.4 is 14.8 Å². The van der Waals surface area contributed by atoms with Crippen molar-refractivity contribution >= 4 is 0 Å². The van der Waals surface area contributed by atoms with Gasteiger partial charge in [-0.15, -0.1) is 0 Å². The molecule has 0 saturated carbocycles. The Kier molecular flexibility index (Phi) is 4.13. The van der Waals surface area contributed by atoms with Crippen LogP contribution in [0.2, 0.25) is 0 Å². The van der Waals surface area contributed by atoms with Gasteiger partial charge in [0.25, 0.3) is 0 Å². The predicted octanol–water partition coefficient (Wildman–Crippen LogP) is 2.68. The molecule has 4 heteroatoms. The maximum Gasteiger partial charge on any atom is 0.161 e. The molecule has 2 heterocycles. The Morgan fingerprint density at radius 3 is 2.70 bits per heavy atom. The Balaban J connectivity index is 1.83. The second-order valence-electron chi connectivity index (χ2n) is 5.50. The summed E-state index contributed by atoms with van der Waals surface area (Å²) in [4.78, 5) is 0. The first-order valence-corrected chi connectivity index (χ1v) is 7.56. The minimum absolute atomic E-state index is 0.223. The van der Waals surface area contributed by atoms with Gasteiger partial charge in [-0.3, -0.25) is 0 Å². The predicted molar refractivity (Wildman–Crippen MR) is 77.4 cm³/mol. The van der Waals surface area contributed by atoms with Crippen LogP contribution in [0.4, 0.5) is 0 Å². The van der Waals surface area contributed by atoms with Gasteiger partial charge in [0.15, 0.2) is 11.5 Å². The van der Waals surface area contributed by atoms with E-state index in [0.29, 0.717) is 19.3 Å². The van der Waals surface area contributed by atoms with Crippen molar-refractivity contribution in [1.82, 2.24) is 5.32 Å². The van der Waals surface area contributed by atoms with E-state index in [9.17, 15) is 0 Å². The van der Waals surface area contributed by atoms with Gasteiger partial charge in [0.05, 0.1) is 18.2 Å². The fraction of sp³-hybridized carbons (Fsp3) is 0.625. The van der Waals surface area contributed by atoms with Crippen LogP contribution in [0.25, 0.3) is 0 Å². The van der Waals surface area contributed by atoms with E-state index in [-0.39, 0.29) is 12.1 Å². The average molecular weight is 277 g/mol. The molecule has 20 heavy (non-hydrogen) atoms. The van der Waals surface area contributed by atoms with E-state index in [1.165, 1.54) is 5.56 Å². The Bertz CT molecular complexity index is 463. The highest BCUT2D eigenvalue weighted by atomic mass is 16.6. The van der Waals surface area contributed by atoms with Crippen molar-refractivity contribution in [2.45, 2.75) is 44.9 Å². The third kappa shape index (κ3) is 2.76. The molecular weight excluding hydrogens is 254 g/mol. The average Bonchev–Trinajstić information content (AvgIpc) is 2.90. The van der Waals surface area contributed by atoms with Crippen molar-refractivity contribution in [2.75, 3.05) is 19.8 Å². The summed E-state index contributed by atoms with van der Waals surface area (Å²) < 4.78 is 17.3. The van der Waals surface area contributed by atoms with Crippen LogP contribution in [-0.2, 0) is 4.74 Å². The van der Waals surface area contributed by atoms with Gasteiger partial charge in [0, 0.05) is 0 Å². The number of hydrogen-bond acceptors (Lipinski definition) is 4. The van der Waals surface area contributed by atoms with Crippen molar-refractivity contribution in [3.63, 3.8) is 0 Å². The quantitative estimate of drug-likeness (QED) is 0.918. The third-order valence-corrected chi connectivity index (χ3v) is 3.99. The summed E-state index contributed by atoms with van der Waals surface area (Å²) in [7, 11) is 0. The second-order valence-corrected chi connectivity index (χ2v) is 5.50. The lowest BCUT2D eigenvalue weighted by molar-refractivity contribution is 0.0318. The zero-order valence-corrected chi connectivity index (χ0v) is 12.2. The fourth-order valence-electron chi connectivity index (χ4n) is 3.02. The molecule has 0 radical (unpaired) electrons. The van der Waals surface area contributed by atoms with Crippen molar-refractivity contribution < 1.29 is 14.2 Å². The highest BCUT2D eigenvalue weighted by Gasteiger charge is 2.30. The molecule has 1 fully saturated rings. The number of likely N-dealkylation sites (N-methyl/N-ethyl adjacent to an activating group) is 1. The summed E-state index contributed by atoms with van der Waals surface area (Å²) in [5, 5.41) is 3.55. The molecular formula is C16H23NO3. The summed E-state index contributed by atoms with van der Waals surface area (Å²) in [5.41, 5.74) is 1.22. The Hall–Kier alpha value is -1.26. The van der Waals surface area contributed by atoms with Crippen molar-refractivity contribution in [3.05, 3.63) is 23.8 Å². The normalized spacial score (nSPS) is 26.5. The molecule has 0 aromatic heterocycles. The number of ether oxygens (including phenoxy) is 3. The molecule has 110 valence electrons. The minimum atomic E-state index is 0.223. The van der Waals surface area contributed by atoms with Gasteiger partial charge in [-0.25, -0.2) is 0 Å². The number of rotatable bonds is 4. The van der Waals surface area contributed by atoms with Gasteiger partial charge in [-0.2, -0.15) is 0 Å². The van der Waals surface area contributed by atoms with E-state index >= 15 is 0 Å². The molecule has 4 nitrogen and oxygen atoms in total. The Morgan fingerprint density at radius 1 is 1.20 bits per heavy atom. The van der Waals surface area contributed by atoms with Crippen LogP contribution in [-0.4, -0.2) is 32.0 Å². The molecule has 3 unspecified atom stereocenters. The van der Waals surface area contributed by atoms with Gasteiger partial charge in [-0.05, 0) is 44.0 Å². The van der Waals surface area contributed by atoms with Gasteiger partial charge in [-0.1, -0.05) is 13.0 Å². The fourth-order valence-corrected chi connectivity index (χ4v) is 3.02. The van der Waals surface area contributed by atoms with E-state index in [0.717, 1.165) is 30.9 Å². The number of nitrogens with one attached hydrogen (secondary N) is 1. The summed E-state index contributed by atoms with van der Waals surface area (Å²) in [5.74, 6) is 1.69. The standard InChI is InChI=1S/C16H23NO3/c1-3-17-16(14-6-4-11(2)20-14)12-5-7-13-15(10-12)19-9-8-18-13/h5,7,10-11,14,16-17H,3-4,6,8-9H2,1-2H3. The topological polar surface area (TPSA) is 39.7 Å². The van der Waals surface area contributed by atoms with Crippen LogP contribution in [0.1, 0.15) is 38.3 Å². The summed E-state index contributed by atoms with van der Waals surface area (Å²) in [6.07, 6.45) is 2.84. The van der Waals surface area contributed by atoms with Crippen LogP contribution in [0.5, 0.6) is 11.5 Å². The van der Waals surface area contributed by atoms with Gasteiger partial charge < -0.3 is 19.5 Å². The minimum Gasteiger partial charge on any atom is -0.486 e. The van der Waals surface area contributed by atoms with E-state index in [1.807, 2.05) is 6.07 Å².